The van der Waals surface area contributed by atoms with Gasteiger partial charge in [0.1, 0.15) is 5.75 Å². The Bertz CT molecular complexity index is 1090. The number of anilines is 2. The number of ether oxygens (including phenoxy) is 1. The third-order valence-corrected chi connectivity index (χ3v) is 6.04. The minimum Gasteiger partial charge on any atom is -0.497 e. The van der Waals surface area contributed by atoms with Crippen LogP contribution in [0.4, 0.5) is 11.4 Å². The van der Waals surface area contributed by atoms with Crippen molar-refractivity contribution >= 4 is 34.0 Å². The quantitative estimate of drug-likeness (QED) is 0.606. The first-order valence-corrected chi connectivity index (χ1v) is 11.1. The van der Waals surface area contributed by atoms with Crippen LogP contribution in [0.15, 0.2) is 66.7 Å². The van der Waals surface area contributed by atoms with E-state index in [0.717, 1.165) is 47.3 Å². The number of benzene rings is 3. The fourth-order valence-electron chi connectivity index (χ4n) is 4.40. The molecule has 1 aliphatic heterocycles. The minimum atomic E-state index is -0.313. The van der Waals surface area contributed by atoms with Crippen LogP contribution >= 0.6 is 0 Å². The van der Waals surface area contributed by atoms with Crippen molar-refractivity contribution in [3.63, 3.8) is 0 Å². The number of hydrogen-bond donors (Lipinski definition) is 1. The van der Waals surface area contributed by atoms with Crippen LogP contribution in [0, 0.1) is 0 Å². The molecule has 1 heterocycles. The van der Waals surface area contributed by atoms with Crippen molar-refractivity contribution < 1.29 is 14.3 Å². The van der Waals surface area contributed by atoms with Gasteiger partial charge in [0.15, 0.2) is 0 Å². The molecule has 6 heteroatoms. The fraction of sp³-hybridized carbons (Fsp3) is 0.308. The van der Waals surface area contributed by atoms with Crippen molar-refractivity contribution in [2.24, 2.45) is 0 Å². The molecule has 1 saturated heterocycles. The van der Waals surface area contributed by atoms with Gasteiger partial charge in [-0.2, -0.15) is 0 Å². The second-order valence-electron chi connectivity index (χ2n) is 7.98. The van der Waals surface area contributed by atoms with Crippen molar-refractivity contribution in [3.8, 4) is 5.75 Å². The zero-order valence-electron chi connectivity index (χ0n) is 18.6. The summed E-state index contributed by atoms with van der Waals surface area (Å²) in [5.74, 6) is 0.672. The molecular formula is C26H29N3O3. The van der Waals surface area contributed by atoms with Gasteiger partial charge < -0.3 is 15.0 Å². The van der Waals surface area contributed by atoms with Gasteiger partial charge in [-0.15, -0.1) is 0 Å². The maximum atomic E-state index is 13.3. The van der Waals surface area contributed by atoms with Crippen LogP contribution in [0.1, 0.15) is 19.8 Å². The van der Waals surface area contributed by atoms with Crippen LogP contribution < -0.4 is 15.0 Å². The third kappa shape index (κ3) is 4.60. The van der Waals surface area contributed by atoms with Gasteiger partial charge in [-0.25, -0.2) is 0 Å². The Morgan fingerprint density at radius 1 is 1.06 bits per heavy atom. The van der Waals surface area contributed by atoms with Gasteiger partial charge in [-0.05, 0) is 62.0 Å². The molecule has 1 N–H and O–H groups in total. The second kappa shape index (κ2) is 9.83. The van der Waals surface area contributed by atoms with E-state index < -0.39 is 0 Å². The van der Waals surface area contributed by atoms with Crippen LogP contribution in [-0.2, 0) is 9.59 Å². The van der Waals surface area contributed by atoms with Crippen LogP contribution in [0.3, 0.4) is 0 Å². The zero-order chi connectivity index (χ0) is 22.5. The highest BCUT2D eigenvalue weighted by atomic mass is 16.5. The summed E-state index contributed by atoms with van der Waals surface area (Å²) < 4.78 is 5.17. The average Bonchev–Trinajstić information content (AvgIpc) is 3.28. The molecule has 1 aliphatic rings. The van der Waals surface area contributed by atoms with Crippen LogP contribution in [0.5, 0.6) is 5.75 Å². The number of likely N-dealkylation sites (N-methyl/N-ethyl adjacent to an activating group) is 1. The van der Waals surface area contributed by atoms with E-state index in [2.05, 4.69) is 17.4 Å². The van der Waals surface area contributed by atoms with Crippen LogP contribution in [-0.4, -0.2) is 49.5 Å². The lowest BCUT2D eigenvalue weighted by atomic mass is 10.1. The molecule has 0 saturated carbocycles. The molecule has 0 aliphatic carbocycles. The Balaban J connectivity index is 1.46. The topological polar surface area (TPSA) is 61.9 Å². The molecule has 6 nitrogen and oxygen atoms in total. The molecule has 3 aromatic carbocycles. The summed E-state index contributed by atoms with van der Waals surface area (Å²) in [6, 6.07) is 21.1. The monoisotopic (exact) mass is 431 g/mol. The summed E-state index contributed by atoms with van der Waals surface area (Å²) in [6.07, 6.45) is 1.64. The molecule has 0 aromatic heterocycles. The summed E-state index contributed by atoms with van der Waals surface area (Å²) in [7, 11) is 1.61. The summed E-state index contributed by atoms with van der Waals surface area (Å²) in [6.45, 7) is 3.51. The van der Waals surface area contributed by atoms with Crippen molar-refractivity contribution in [3.05, 3.63) is 66.7 Å². The van der Waals surface area contributed by atoms with Crippen molar-refractivity contribution in [2.75, 3.05) is 37.0 Å². The van der Waals surface area contributed by atoms with Gasteiger partial charge in [0.05, 0.1) is 25.4 Å². The molecule has 0 bridgehead atoms. The lowest BCUT2D eigenvalue weighted by molar-refractivity contribution is -0.123. The number of methoxy groups -OCH3 is 1. The smallest absolute Gasteiger partial charge is 0.241 e. The van der Waals surface area contributed by atoms with Crippen molar-refractivity contribution in [2.45, 2.75) is 25.8 Å². The number of nitrogens with zero attached hydrogens (tertiary/aromatic N) is 2. The van der Waals surface area contributed by atoms with E-state index in [-0.39, 0.29) is 24.4 Å². The largest absolute Gasteiger partial charge is 0.497 e. The molecule has 0 radical (unpaired) electrons. The van der Waals surface area contributed by atoms with Gasteiger partial charge in [0.2, 0.25) is 11.8 Å². The lowest BCUT2D eigenvalue weighted by Gasteiger charge is -2.28. The summed E-state index contributed by atoms with van der Waals surface area (Å²) in [5, 5.41) is 5.14. The number of carbonyl (C=O) groups is 2. The Kier molecular flexibility index (Phi) is 6.71. The van der Waals surface area contributed by atoms with Gasteiger partial charge in [0.25, 0.3) is 0 Å². The molecular weight excluding hydrogens is 402 g/mol. The van der Waals surface area contributed by atoms with Gasteiger partial charge >= 0.3 is 0 Å². The highest BCUT2D eigenvalue weighted by Gasteiger charge is 2.33. The Hall–Kier alpha value is -3.38. The first-order chi connectivity index (χ1) is 15.6. The Morgan fingerprint density at radius 2 is 1.81 bits per heavy atom. The Labute approximate surface area is 188 Å². The van der Waals surface area contributed by atoms with E-state index in [1.807, 2.05) is 71.3 Å². The number of nitrogens with one attached hydrogen (secondary N) is 1. The number of hydrogen-bond acceptors (Lipinski definition) is 4. The maximum absolute atomic E-state index is 13.3. The van der Waals surface area contributed by atoms with Crippen LogP contribution in [0.25, 0.3) is 10.8 Å². The van der Waals surface area contributed by atoms with E-state index in [0.29, 0.717) is 6.54 Å². The zero-order valence-corrected chi connectivity index (χ0v) is 18.6. The number of rotatable bonds is 7. The molecule has 0 spiro atoms. The fourth-order valence-corrected chi connectivity index (χ4v) is 4.40. The number of fused-ring (bicyclic) bond motifs is 1. The maximum Gasteiger partial charge on any atom is 0.241 e. The summed E-state index contributed by atoms with van der Waals surface area (Å²) in [4.78, 5) is 30.1. The van der Waals surface area contributed by atoms with Gasteiger partial charge in [-0.3, -0.25) is 14.5 Å². The standard InChI is InChI=1S/C26H29N3O3/c1-3-29(23-11-6-9-19-8-4-5-10-22(19)23)25(30)18-28-17-7-12-24(28)26(31)27-20-13-15-21(32-2)16-14-20/h4-6,8-11,13-16,24H,3,7,12,17-18H2,1-2H3,(H,27,31)/t24-/m1/s1. The number of amides is 2. The van der Waals surface area contributed by atoms with Crippen molar-refractivity contribution in [1.82, 2.24) is 4.90 Å². The molecule has 2 amide bonds. The minimum absolute atomic E-state index is 0.00741. The van der Waals surface area contributed by atoms with E-state index >= 15 is 0 Å². The molecule has 166 valence electrons. The summed E-state index contributed by atoms with van der Waals surface area (Å²) in [5.41, 5.74) is 1.63. The molecule has 1 atom stereocenters. The molecule has 3 aromatic rings. The normalized spacial score (nSPS) is 16.1. The van der Waals surface area contributed by atoms with E-state index in [1.54, 1.807) is 7.11 Å². The first kappa shape index (κ1) is 21.8. The molecule has 32 heavy (non-hydrogen) atoms. The van der Waals surface area contributed by atoms with Gasteiger partial charge in [0, 0.05) is 17.6 Å². The molecule has 0 unspecified atom stereocenters. The molecule has 4 rings (SSSR count). The lowest BCUT2D eigenvalue weighted by Crippen LogP contribution is -2.46. The number of likely N-dealkylation sites (tertiary alicyclic amines) is 1. The van der Waals surface area contributed by atoms with E-state index in [9.17, 15) is 9.59 Å². The van der Waals surface area contributed by atoms with Crippen molar-refractivity contribution in [1.29, 1.82) is 0 Å². The SMILES string of the molecule is CCN(C(=O)CN1CCC[C@@H]1C(=O)Nc1ccc(OC)cc1)c1cccc2ccccc12. The number of carbonyl (C=O) groups excluding carboxylic acids is 2. The summed E-state index contributed by atoms with van der Waals surface area (Å²) >= 11 is 0. The van der Waals surface area contributed by atoms with Gasteiger partial charge in [-0.1, -0.05) is 36.4 Å². The third-order valence-electron chi connectivity index (χ3n) is 6.04. The predicted molar refractivity (Wildman–Crippen MR) is 128 cm³/mol. The first-order valence-electron chi connectivity index (χ1n) is 11.1. The highest BCUT2D eigenvalue weighted by Crippen LogP contribution is 2.27. The predicted octanol–water partition coefficient (Wildman–Crippen LogP) is 4.30. The molecule has 1 fully saturated rings. The average molecular weight is 432 g/mol. The second-order valence-corrected chi connectivity index (χ2v) is 7.98. The van der Waals surface area contributed by atoms with E-state index in [4.69, 9.17) is 4.74 Å². The highest BCUT2D eigenvalue weighted by molar-refractivity contribution is 6.04. The van der Waals surface area contributed by atoms with Crippen LogP contribution in [0.2, 0.25) is 0 Å². The Morgan fingerprint density at radius 3 is 2.56 bits per heavy atom. The van der Waals surface area contributed by atoms with E-state index in [1.165, 1.54) is 0 Å².